The van der Waals surface area contributed by atoms with Gasteiger partial charge in [0.05, 0.1) is 6.42 Å². The molecule has 3 nitrogen and oxygen atoms in total. The SMILES string of the molecule is CC(C)(C)OC(=O)Cc1cccc2c1CC(=O)CC2. The highest BCUT2D eigenvalue weighted by Crippen LogP contribution is 2.24. The third-order valence-corrected chi connectivity index (χ3v) is 3.17. The van der Waals surface area contributed by atoms with Gasteiger partial charge in [-0.25, -0.2) is 0 Å². The lowest BCUT2D eigenvalue weighted by Crippen LogP contribution is -2.25. The molecular weight excluding hydrogens is 240 g/mol. The van der Waals surface area contributed by atoms with Gasteiger partial charge < -0.3 is 4.74 Å². The molecule has 0 N–H and O–H groups in total. The van der Waals surface area contributed by atoms with Gasteiger partial charge in [-0.1, -0.05) is 18.2 Å². The minimum absolute atomic E-state index is 0.237. The van der Waals surface area contributed by atoms with Crippen molar-refractivity contribution in [3.05, 3.63) is 34.9 Å². The first kappa shape index (κ1) is 13.8. The average molecular weight is 260 g/mol. The van der Waals surface area contributed by atoms with Crippen LogP contribution in [0.5, 0.6) is 0 Å². The van der Waals surface area contributed by atoms with Crippen LogP contribution in [0.4, 0.5) is 0 Å². The van der Waals surface area contributed by atoms with Crippen molar-refractivity contribution in [1.29, 1.82) is 0 Å². The van der Waals surface area contributed by atoms with E-state index in [9.17, 15) is 9.59 Å². The predicted octanol–water partition coefficient (Wildman–Crippen LogP) is 2.63. The monoisotopic (exact) mass is 260 g/mol. The van der Waals surface area contributed by atoms with Gasteiger partial charge in [0.15, 0.2) is 0 Å². The van der Waals surface area contributed by atoms with Crippen molar-refractivity contribution in [3.8, 4) is 0 Å². The van der Waals surface area contributed by atoms with Crippen molar-refractivity contribution in [1.82, 2.24) is 0 Å². The van der Waals surface area contributed by atoms with E-state index >= 15 is 0 Å². The van der Waals surface area contributed by atoms with Crippen molar-refractivity contribution in [2.75, 3.05) is 0 Å². The van der Waals surface area contributed by atoms with E-state index in [4.69, 9.17) is 4.74 Å². The van der Waals surface area contributed by atoms with E-state index in [1.165, 1.54) is 5.56 Å². The molecule has 1 aliphatic rings. The van der Waals surface area contributed by atoms with Gasteiger partial charge in [-0.2, -0.15) is 0 Å². The lowest BCUT2D eigenvalue weighted by atomic mass is 9.86. The van der Waals surface area contributed by atoms with Crippen molar-refractivity contribution in [2.24, 2.45) is 0 Å². The van der Waals surface area contributed by atoms with Gasteiger partial charge in [-0.3, -0.25) is 9.59 Å². The van der Waals surface area contributed by atoms with E-state index in [0.29, 0.717) is 12.8 Å². The lowest BCUT2D eigenvalue weighted by Gasteiger charge is -2.21. The van der Waals surface area contributed by atoms with Crippen LogP contribution >= 0.6 is 0 Å². The van der Waals surface area contributed by atoms with Crippen LogP contribution < -0.4 is 0 Å². The molecule has 19 heavy (non-hydrogen) atoms. The zero-order valence-corrected chi connectivity index (χ0v) is 11.8. The highest BCUT2D eigenvalue weighted by atomic mass is 16.6. The number of ether oxygens (including phenoxy) is 1. The van der Waals surface area contributed by atoms with Crippen LogP contribution in [0.25, 0.3) is 0 Å². The number of rotatable bonds is 2. The Hall–Kier alpha value is -1.64. The molecule has 2 rings (SSSR count). The Kier molecular flexibility index (Phi) is 3.74. The van der Waals surface area contributed by atoms with Gasteiger partial charge in [-0.15, -0.1) is 0 Å². The smallest absolute Gasteiger partial charge is 0.310 e. The Morgan fingerprint density at radius 1 is 1.26 bits per heavy atom. The van der Waals surface area contributed by atoms with E-state index in [2.05, 4.69) is 0 Å². The molecule has 0 spiro atoms. The summed E-state index contributed by atoms with van der Waals surface area (Å²) in [5, 5.41) is 0. The van der Waals surface area contributed by atoms with Crippen LogP contribution in [0.1, 0.15) is 43.9 Å². The number of carbonyl (C=O) groups excluding carboxylic acids is 2. The molecule has 0 unspecified atom stereocenters. The molecule has 0 saturated heterocycles. The van der Waals surface area contributed by atoms with Crippen LogP contribution in [0.15, 0.2) is 18.2 Å². The standard InChI is InChI=1S/C16H20O3/c1-16(2,3)19-15(18)9-12-6-4-5-11-7-8-13(17)10-14(11)12/h4-6H,7-10H2,1-3H3. The Labute approximate surface area is 114 Å². The van der Waals surface area contributed by atoms with Crippen LogP contribution in [0.2, 0.25) is 0 Å². The molecule has 0 heterocycles. The lowest BCUT2D eigenvalue weighted by molar-refractivity contribution is -0.154. The summed E-state index contributed by atoms with van der Waals surface area (Å²) in [6, 6.07) is 5.91. The summed E-state index contributed by atoms with van der Waals surface area (Å²) in [5.74, 6) is 0.0167. The number of carbonyl (C=O) groups is 2. The van der Waals surface area contributed by atoms with Gasteiger partial charge >= 0.3 is 5.97 Å². The third kappa shape index (κ3) is 3.66. The first-order valence-electron chi connectivity index (χ1n) is 6.68. The summed E-state index contributed by atoms with van der Waals surface area (Å²) in [6.07, 6.45) is 2.10. The zero-order chi connectivity index (χ0) is 14.0. The molecule has 0 saturated carbocycles. The molecule has 1 aromatic carbocycles. The van der Waals surface area contributed by atoms with Crippen molar-refractivity contribution in [3.63, 3.8) is 0 Å². The predicted molar refractivity (Wildman–Crippen MR) is 73.0 cm³/mol. The molecule has 1 aromatic rings. The van der Waals surface area contributed by atoms with Gasteiger partial charge in [0.25, 0.3) is 0 Å². The second-order valence-corrected chi connectivity index (χ2v) is 6.03. The maximum absolute atomic E-state index is 11.9. The molecule has 0 bridgehead atoms. The topological polar surface area (TPSA) is 43.4 Å². The first-order valence-corrected chi connectivity index (χ1v) is 6.68. The summed E-state index contributed by atoms with van der Waals surface area (Å²) < 4.78 is 5.34. The maximum Gasteiger partial charge on any atom is 0.310 e. The fourth-order valence-electron chi connectivity index (χ4n) is 2.41. The van der Waals surface area contributed by atoms with Crippen LogP contribution in [-0.4, -0.2) is 17.4 Å². The molecule has 3 heteroatoms. The number of ketones is 1. The largest absolute Gasteiger partial charge is 0.460 e. The molecule has 0 aliphatic heterocycles. The number of hydrogen-bond donors (Lipinski definition) is 0. The van der Waals surface area contributed by atoms with E-state index in [1.807, 2.05) is 39.0 Å². The Morgan fingerprint density at radius 3 is 2.68 bits per heavy atom. The van der Waals surface area contributed by atoms with Crippen molar-refractivity contribution < 1.29 is 14.3 Å². The number of Topliss-reactive ketones (excluding diaryl/α,β-unsaturated/α-hetero) is 1. The average Bonchev–Trinajstić information content (AvgIpc) is 2.27. The highest BCUT2D eigenvalue weighted by Gasteiger charge is 2.21. The molecule has 0 atom stereocenters. The number of hydrogen-bond acceptors (Lipinski definition) is 3. The van der Waals surface area contributed by atoms with E-state index in [-0.39, 0.29) is 18.2 Å². The summed E-state index contributed by atoms with van der Waals surface area (Å²) in [7, 11) is 0. The minimum atomic E-state index is -0.470. The maximum atomic E-state index is 11.9. The molecular formula is C16H20O3. The zero-order valence-electron chi connectivity index (χ0n) is 11.8. The summed E-state index contributed by atoms with van der Waals surface area (Å²) >= 11 is 0. The van der Waals surface area contributed by atoms with E-state index < -0.39 is 5.60 Å². The normalized spacial score (nSPS) is 15.0. The summed E-state index contributed by atoms with van der Waals surface area (Å²) in [4.78, 5) is 23.5. The Morgan fingerprint density at radius 2 is 2.00 bits per heavy atom. The molecule has 1 aliphatic carbocycles. The number of benzene rings is 1. The van der Waals surface area contributed by atoms with E-state index in [0.717, 1.165) is 17.5 Å². The van der Waals surface area contributed by atoms with E-state index in [1.54, 1.807) is 0 Å². The third-order valence-electron chi connectivity index (χ3n) is 3.17. The van der Waals surface area contributed by atoms with Crippen LogP contribution in [0.3, 0.4) is 0 Å². The van der Waals surface area contributed by atoms with Crippen molar-refractivity contribution >= 4 is 11.8 Å². The molecule has 0 radical (unpaired) electrons. The molecule has 102 valence electrons. The quantitative estimate of drug-likeness (QED) is 0.768. The molecule has 0 aromatic heterocycles. The second-order valence-electron chi connectivity index (χ2n) is 6.03. The van der Waals surface area contributed by atoms with Crippen molar-refractivity contribution in [2.45, 2.75) is 52.1 Å². The number of fused-ring (bicyclic) bond motifs is 1. The Bertz CT molecular complexity index is 509. The molecule has 0 amide bonds. The minimum Gasteiger partial charge on any atom is -0.460 e. The Balaban J connectivity index is 2.17. The molecule has 0 fully saturated rings. The van der Waals surface area contributed by atoms with Gasteiger partial charge in [0, 0.05) is 12.8 Å². The number of esters is 1. The summed E-state index contributed by atoms with van der Waals surface area (Å²) in [5.41, 5.74) is 2.69. The van der Waals surface area contributed by atoms with Crippen LogP contribution in [-0.2, 0) is 33.6 Å². The fraction of sp³-hybridized carbons (Fsp3) is 0.500. The van der Waals surface area contributed by atoms with Gasteiger partial charge in [0.1, 0.15) is 11.4 Å². The fourth-order valence-corrected chi connectivity index (χ4v) is 2.41. The summed E-state index contributed by atoms with van der Waals surface area (Å²) in [6.45, 7) is 5.57. The van der Waals surface area contributed by atoms with Crippen LogP contribution in [0, 0.1) is 0 Å². The second kappa shape index (κ2) is 5.16. The van der Waals surface area contributed by atoms with Gasteiger partial charge in [-0.05, 0) is 43.9 Å². The highest BCUT2D eigenvalue weighted by molar-refractivity contribution is 5.84. The van der Waals surface area contributed by atoms with Gasteiger partial charge in [0.2, 0.25) is 0 Å². The first-order chi connectivity index (χ1) is 8.85. The number of aryl methyl sites for hydroxylation is 1.